The molecule has 30 heavy (non-hydrogen) atoms. The second-order valence-electron chi connectivity index (χ2n) is 6.70. The lowest BCUT2D eigenvalue weighted by Crippen LogP contribution is -2.17. The first-order valence-corrected chi connectivity index (χ1v) is 9.65. The molecule has 0 aliphatic heterocycles. The van der Waals surface area contributed by atoms with Gasteiger partial charge in [0, 0.05) is 23.1 Å². The third kappa shape index (κ3) is 5.03. The van der Waals surface area contributed by atoms with Crippen LogP contribution in [0.4, 0.5) is 21.6 Å². The molecule has 1 heterocycles. The highest BCUT2D eigenvalue weighted by Gasteiger charge is 2.17. The molecule has 1 amide bonds. The van der Waals surface area contributed by atoms with Crippen molar-refractivity contribution in [1.82, 2.24) is 4.98 Å². The molecule has 0 aliphatic rings. The lowest BCUT2D eigenvalue weighted by Gasteiger charge is -2.15. The summed E-state index contributed by atoms with van der Waals surface area (Å²) in [4.78, 5) is 17.2. The van der Waals surface area contributed by atoms with Crippen molar-refractivity contribution in [2.45, 2.75) is 20.3 Å². The van der Waals surface area contributed by atoms with Crippen molar-refractivity contribution in [3.8, 4) is 0 Å². The highest BCUT2D eigenvalue weighted by atomic mass is 19.1. The minimum atomic E-state index is -0.369. The zero-order chi connectivity index (χ0) is 21.5. The van der Waals surface area contributed by atoms with Crippen LogP contribution in [0.15, 0.2) is 72.6 Å². The standard InChI is InChI=1S/C24H24FN3O2/c1-4-20(17-9-11-18(25)12-10-17)23(30-3)24(29)27-19-13-8-16(2)21(15-19)28-22-7-5-6-14-26-22/h5-15H,4H2,1-3H3,(H,26,28)(H,27,29)/b23-20+. The monoisotopic (exact) mass is 405 g/mol. The highest BCUT2D eigenvalue weighted by Crippen LogP contribution is 2.26. The maximum absolute atomic E-state index is 13.3. The summed E-state index contributed by atoms with van der Waals surface area (Å²) in [6.45, 7) is 3.90. The number of nitrogens with zero attached hydrogens (tertiary/aromatic N) is 1. The summed E-state index contributed by atoms with van der Waals surface area (Å²) in [7, 11) is 1.46. The number of hydrogen-bond acceptors (Lipinski definition) is 4. The SMILES string of the molecule is CC/C(=C(\OC)C(=O)Nc1ccc(C)c(Nc2ccccn2)c1)c1ccc(F)cc1. The van der Waals surface area contributed by atoms with Gasteiger partial charge in [0.05, 0.1) is 7.11 Å². The molecule has 0 aliphatic carbocycles. The first kappa shape index (κ1) is 21.0. The normalized spacial score (nSPS) is 11.5. The predicted octanol–water partition coefficient (Wildman–Crippen LogP) is 5.68. The minimum absolute atomic E-state index is 0.198. The van der Waals surface area contributed by atoms with E-state index in [9.17, 15) is 9.18 Å². The van der Waals surface area contributed by atoms with E-state index < -0.39 is 0 Å². The van der Waals surface area contributed by atoms with Crippen LogP contribution in [-0.2, 0) is 9.53 Å². The van der Waals surface area contributed by atoms with E-state index in [0.29, 0.717) is 23.5 Å². The number of hydrogen-bond donors (Lipinski definition) is 2. The smallest absolute Gasteiger partial charge is 0.291 e. The van der Waals surface area contributed by atoms with Gasteiger partial charge in [-0.3, -0.25) is 4.79 Å². The number of aromatic nitrogens is 1. The van der Waals surface area contributed by atoms with Gasteiger partial charge in [0.1, 0.15) is 11.6 Å². The molecule has 1 aromatic heterocycles. The molecule has 0 unspecified atom stereocenters. The van der Waals surface area contributed by atoms with E-state index in [2.05, 4.69) is 15.6 Å². The number of anilines is 3. The van der Waals surface area contributed by atoms with Crippen molar-refractivity contribution in [3.63, 3.8) is 0 Å². The molecule has 0 saturated heterocycles. The van der Waals surface area contributed by atoms with E-state index in [4.69, 9.17) is 4.74 Å². The van der Waals surface area contributed by atoms with Crippen molar-refractivity contribution in [2.24, 2.45) is 0 Å². The summed E-state index contributed by atoms with van der Waals surface area (Å²) in [5.41, 5.74) is 3.92. The molecular weight excluding hydrogens is 381 g/mol. The summed E-state index contributed by atoms with van der Waals surface area (Å²) in [5.74, 6) is 0.214. The third-order valence-electron chi connectivity index (χ3n) is 4.65. The van der Waals surface area contributed by atoms with E-state index >= 15 is 0 Å². The Morgan fingerprint density at radius 3 is 2.50 bits per heavy atom. The molecular formula is C24H24FN3O2. The van der Waals surface area contributed by atoms with Gasteiger partial charge in [-0.05, 0) is 60.9 Å². The molecule has 6 heteroatoms. The van der Waals surface area contributed by atoms with Crippen molar-refractivity contribution >= 4 is 28.7 Å². The van der Waals surface area contributed by atoms with Gasteiger partial charge in [0.15, 0.2) is 5.76 Å². The van der Waals surface area contributed by atoms with Gasteiger partial charge >= 0.3 is 0 Å². The molecule has 2 aromatic carbocycles. The van der Waals surface area contributed by atoms with E-state index in [-0.39, 0.29) is 17.5 Å². The van der Waals surface area contributed by atoms with Crippen molar-refractivity contribution in [1.29, 1.82) is 0 Å². The summed E-state index contributed by atoms with van der Waals surface area (Å²) in [6, 6.07) is 17.2. The molecule has 3 aromatic rings. The van der Waals surface area contributed by atoms with Crippen LogP contribution in [0.25, 0.3) is 5.57 Å². The van der Waals surface area contributed by atoms with Gasteiger partial charge in [0.2, 0.25) is 0 Å². The number of allylic oxidation sites excluding steroid dienone is 1. The summed E-state index contributed by atoms with van der Waals surface area (Å²) < 4.78 is 18.7. The first-order valence-electron chi connectivity index (χ1n) is 9.65. The number of benzene rings is 2. The number of nitrogens with one attached hydrogen (secondary N) is 2. The van der Waals surface area contributed by atoms with Gasteiger partial charge in [-0.15, -0.1) is 0 Å². The number of pyridine rings is 1. The van der Waals surface area contributed by atoms with Crippen LogP contribution in [-0.4, -0.2) is 18.0 Å². The quantitative estimate of drug-likeness (QED) is 0.392. The Morgan fingerprint density at radius 1 is 1.10 bits per heavy atom. The Labute approximate surface area is 175 Å². The van der Waals surface area contributed by atoms with Crippen LogP contribution in [0.3, 0.4) is 0 Å². The van der Waals surface area contributed by atoms with Crippen LogP contribution in [0, 0.1) is 12.7 Å². The number of rotatable bonds is 7. The molecule has 5 nitrogen and oxygen atoms in total. The van der Waals surface area contributed by atoms with Crippen LogP contribution < -0.4 is 10.6 Å². The number of carbonyl (C=O) groups is 1. The number of halogens is 1. The van der Waals surface area contributed by atoms with Gasteiger partial charge in [-0.25, -0.2) is 9.37 Å². The first-order chi connectivity index (χ1) is 14.5. The average molecular weight is 405 g/mol. The lowest BCUT2D eigenvalue weighted by atomic mass is 10.0. The molecule has 2 N–H and O–H groups in total. The summed E-state index contributed by atoms with van der Waals surface area (Å²) in [5, 5.41) is 6.14. The summed E-state index contributed by atoms with van der Waals surface area (Å²) >= 11 is 0. The molecule has 0 fully saturated rings. The molecule has 154 valence electrons. The number of ether oxygens (including phenoxy) is 1. The van der Waals surface area contributed by atoms with E-state index in [1.165, 1.54) is 19.2 Å². The Balaban J connectivity index is 1.86. The van der Waals surface area contributed by atoms with Crippen LogP contribution in [0.1, 0.15) is 24.5 Å². The molecule has 3 rings (SSSR count). The fourth-order valence-corrected chi connectivity index (χ4v) is 3.10. The lowest BCUT2D eigenvalue weighted by molar-refractivity contribution is -0.115. The Bertz CT molecular complexity index is 1050. The van der Waals surface area contributed by atoms with Crippen molar-refractivity contribution < 1.29 is 13.9 Å². The second-order valence-corrected chi connectivity index (χ2v) is 6.70. The Morgan fingerprint density at radius 2 is 1.87 bits per heavy atom. The van der Waals surface area contributed by atoms with Crippen LogP contribution in [0.5, 0.6) is 0 Å². The molecule has 0 saturated carbocycles. The Kier molecular flexibility index (Phi) is 6.80. The van der Waals surface area contributed by atoms with Gasteiger partial charge < -0.3 is 15.4 Å². The number of carbonyl (C=O) groups excluding carboxylic acids is 1. The zero-order valence-corrected chi connectivity index (χ0v) is 17.2. The topological polar surface area (TPSA) is 63.2 Å². The predicted molar refractivity (Wildman–Crippen MR) is 118 cm³/mol. The maximum Gasteiger partial charge on any atom is 0.291 e. The molecule has 0 spiro atoms. The zero-order valence-electron chi connectivity index (χ0n) is 17.2. The van der Waals surface area contributed by atoms with Crippen molar-refractivity contribution in [3.05, 3.63) is 89.6 Å². The van der Waals surface area contributed by atoms with Crippen molar-refractivity contribution in [2.75, 3.05) is 17.7 Å². The summed E-state index contributed by atoms with van der Waals surface area (Å²) in [6.07, 6.45) is 2.27. The third-order valence-corrected chi connectivity index (χ3v) is 4.65. The molecule has 0 atom stereocenters. The number of amides is 1. The fraction of sp³-hybridized carbons (Fsp3) is 0.167. The van der Waals surface area contributed by atoms with Crippen LogP contribution >= 0.6 is 0 Å². The maximum atomic E-state index is 13.3. The van der Waals surface area contributed by atoms with Crippen LogP contribution in [0.2, 0.25) is 0 Å². The van der Waals surface area contributed by atoms with E-state index in [0.717, 1.165) is 16.8 Å². The van der Waals surface area contributed by atoms with Gasteiger partial charge in [-0.1, -0.05) is 31.2 Å². The highest BCUT2D eigenvalue weighted by molar-refractivity contribution is 6.07. The molecule has 0 bridgehead atoms. The number of aryl methyl sites for hydroxylation is 1. The fourth-order valence-electron chi connectivity index (χ4n) is 3.10. The van der Waals surface area contributed by atoms with Gasteiger partial charge in [0.25, 0.3) is 5.91 Å². The second kappa shape index (κ2) is 9.69. The molecule has 0 radical (unpaired) electrons. The largest absolute Gasteiger partial charge is 0.491 e. The minimum Gasteiger partial charge on any atom is -0.491 e. The van der Waals surface area contributed by atoms with E-state index in [1.54, 1.807) is 18.3 Å². The van der Waals surface area contributed by atoms with Gasteiger partial charge in [-0.2, -0.15) is 0 Å². The number of methoxy groups -OCH3 is 1. The Hall–Kier alpha value is -3.67. The van der Waals surface area contributed by atoms with E-state index in [1.807, 2.05) is 50.2 Å². The average Bonchev–Trinajstić information content (AvgIpc) is 2.75.